The lowest BCUT2D eigenvalue weighted by molar-refractivity contribution is -0.898. The number of piperidine rings is 1. The van der Waals surface area contributed by atoms with E-state index in [0.29, 0.717) is 19.7 Å². The Hall–Kier alpha value is -1.75. The summed E-state index contributed by atoms with van der Waals surface area (Å²) in [4.78, 5) is 13.7. The Morgan fingerprint density at radius 3 is 2.80 bits per heavy atom. The molecule has 1 fully saturated rings. The van der Waals surface area contributed by atoms with Crippen LogP contribution in [0.25, 0.3) is 0 Å². The molecule has 0 bridgehead atoms. The summed E-state index contributed by atoms with van der Waals surface area (Å²) in [5.74, 6) is 2.70. The number of benzene rings is 1. The molecular formula is C20H31N2O3+. The Morgan fingerprint density at radius 1 is 1.32 bits per heavy atom. The first kappa shape index (κ1) is 18.1. The minimum Gasteiger partial charge on any atom is -0.494 e. The number of ether oxygens (including phenoxy) is 2. The van der Waals surface area contributed by atoms with E-state index in [0.717, 1.165) is 42.5 Å². The van der Waals surface area contributed by atoms with Gasteiger partial charge in [-0.25, -0.2) is 0 Å². The van der Waals surface area contributed by atoms with E-state index in [1.54, 1.807) is 0 Å². The van der Waals surface area contributed by atoms with Gasteiger partial charge in [0, 0.05) is 24.1 Å². The first-order chi connectivity index (χ1) is 12.0. The van der Waals surface area contributed by atoms with Crippen LogP contribution in [0.15, 0.2) is 12.1 Å². The highest BCUT2D eigenvalue weighted by Gasteiger charge is 2.23. The highest BCUT2D eigenvalue weighted by atomic mass is 16.5. The lowest BCUT2D eigenvalue weighted by atomic mass is 9.99. The summed E-state index contributed by atoms with van der Waals surface area (Å²) in [6.45, 7) is 10.2. The maximum absolute atomic E-state index is 12.3. The lowest BCUT2D eigenvalue weighted by Crippen LogP contribution is -3.14. The van der Waals surface area contributed by atoms with E-state index in [-0.39, 0.29) is 12.0 Å². The van der Waals surface area contributed by atoms with Gasteiger partial charge in [0.15, 0.2) is 6.54 Å². The third kappa shape index (κ3) is 4.66. The van der Waals surface area contributed by atoms with E-state index in [9.17, 15) is 4.79 Å². The molecule has 1 saturated heterocycles. The summed E-state index contributed by atoms with van der Waals surface area (Å²) in [6, 6.07) is 4.10. The van der Waals surface area contributed by atoms with E-state index in [1.165, 1.54) is 23.3 Å². The van der Waals surface area contributed by atoms with Gasteiger partial charge < -0.3 is 19.7 Å². The summed E-state index contributed by atoms with van der Waals surface area (Å²) in [7, 11) is 0. The van der Waals surface area contributed by atoms with Crippen LogP contribution >= 0.6 is 0 Å². The van der Waals surface area contributed by atoms with Gasteiger partial charge >= 0.3 is 0 Å². The largest absolute Gasteiger partial charge is 0.494 e. The van der Waals surface area contributed by atoms with Crippen LogP contribution in [0.5, 0.6) is 11.5 Å². The number of fused-ring (bicyclic) bond motifs is 1. The van der Waals surface area contributed by atoms with Gasteiger partial charge in [-0.3, -0.25) is 4.79 Å². The fourth-order valence-electron chi connectivity index (χ4n) is 3.74. The summed E-state index contributed by atoms with van der Waals surface area (Å²) in [5, 5.41) is 3.06. The standard InChI is InChI=1S/C20H30N2O3/c1-4-24-18-10-16-9-15(3)25-19(16)11-17(18)12-21-20(23)13-22-7-5-14(2)6-8-22/h10-11,14-15H,4-9,12-13H2,1-3H3,(H,21,23)/p+1/t15-/m0/s1. The molecule has 0 unspecified atom stereocenters. The van der Waals surface area contributed by atoms with Crippen molar-refractivity contribution in [1.82, 2.24) is 5.32 Å². The minimum absolute atomic E-state index is 0.113. The number of amides is 1. The van der Waals surface area contributed by atoms with Crippen molar-refractivity contribution in [3.05, 3.63) is 23.3 Å². The third-order valence-corrected chi connectivity index (χ3v) is 5.25. The number of carbonyl (C=O) groups is 1. The third-order valence-electron chi connectivity index (χ3n) is 5.25. The van der Waals surface area contributed by atoms with Gasteiger partial charge in [-0.2, -0.15) is 0 Å². The zero-order valence-corrected chi connectivity index (χ0v) is 15.7. The summed E-state index contributed by atoms with van der Waals surface area (Å²) < 4.78 is 11.6. The van der Waals surface area contributed by atoms with Crippen LogP contribution < -0.4 is 19.7 Å². The molecule has 3 rings (SSSR count). The van der Waals surface area contributed by atoms with Crippen molar-refractivity contribution in [2.45, 2.75) is 52.7 Å². The van der Waals surface area contributed by atoms with Crippen LogP contribution in [0.3, 0.4) is 0 Å². The van der Waals surface area contributed by atoms with Gasteiger partial charge in [0.1, 0.15) is 17.6 Å². The first-order valence-electron chi connectivity index (χ1n) is 9.60. The van der Waals surface area contributed by atoms with Crippen molar-refractivity contribution in [2.75, 3.05) is 26.2 Å². The maximum Gasteiger partial charge on any atom is 0.275 e. The highest BCUT2D eigenvalue weighted by molar-refractivity contribution is 5.77. The Balaban J connectivity index is 1.58. The molecule has 0 radical (unpaired) electrons. The summed E-state index contributed by atoms with van der Waals surface area (Å²) in [5.41, 5.74) is 2.18. The van der Waals surface area contributed by atoms with Crippen LogP contribution in [-0.2, 0) is 17.8 Å². The molecule has 5 heteroatoms. The predicted molar refractivity (Wildman–Crippen MR) is 97.2 cm³/mol. The highest BCUT2D eigenvalue weighted by Crippen LogP contribution is 2.35. The van der Waals surface area contributed by atoms with Gasteiger partial charge in [-0.05, 0) is 44.7 Å². The molecule has 2 aliphatic heterocycles. The van der Waals surface area contributed by atoms with Gasteiger partial charge in [-0.15, -0.1) is 0 Å². The topological polar surface area (TPSA) is 52.0 Å². The number of hydrogen-bond acceptors (Lipinski definition) is 3. The van der Waals surface area contributed by atoms with E-state index in [1.807, 2.05) is 13.0 Å². The van der Waals surface area contributed by atoms with Crippen molar-refractivity contribution in [1.29, 1.82) is 0 Å². The van der Waals surface area contributed by atoms with Crippen LogP contribution in [0.1, 0.15) is 44.7 Å². The Kier molecular flexibility index (Phi) is 5.84. The molecule has 2 aliphatic rings. The maximum atomic E-state index is 12.3. The molecule has 1 atom stereocenters. The molecule has 1 aromatic carbocycles. The van der Waals surface area contributed by atoms with Crippen molar-refractivity contribution in [3.63, 3.8) is 0 Å². The number of carbonyl (C=O) groups excluding carboxylic acids is 1. The van der Waals surface area contributed by atoms with E-state index in [2.05, 4.69) is 25.2 Å². The number of rotatable bonds is 6. The fourth-order valence-corrected chi connectivity index (χ4v) is 3.74. The zero-order chi connectivity index (χ0) is 17.8. The average Bonchev–Trinajstić information content (AvgIpc) is 2.94. The molecule has 1 amide bonds. The lowest BCUT2D eigenvalue weighted by Gasteiger charge is -2.26. The normalized spacial score (nSPS) is 25.2. The van der Waals surface area contributed by atoms with Gasteiger partial charge in [0.05, 0.1) is 19.7 Å². The monoisotopic (exact) mass is 347 g/mol. The smallest absolute Gasteiger partial charge is 0.275 e. The van der Waals surface area contributed by atoms with Gasteiger partial charge in [-0.1, -0.05) is 6.92 Å². The predicted octanol–water partition coefficient (Wildman–Crippen LogP) is 1.34. The second-order valence-electron chi connectivity index (χ2n) is 7.52. The second kappa shape index (κ2) is 8.09. The second-order valence-corrected chi connectivity index (χ2v) is 7.52. The van der Waals surface area contributed by atoms with Crippen LogP contribution in [0, 0.1) is 5.92 Å². The molecule has 1 aromatic rings. The SMILES string of the molecule is CCOc1cc2c(cc1CNC(=O)C[NH+]1CCC(C)CC1)O[C@@H](C)C2. The van der Waals surface area contributed by atoms with Crippen LogP contribution in [0.4, 0.5) is 0 Å². The average molecular weight is 347 g/mol. The molecule has 0 saturated carbocycles. The Labute approximate surface area is 150 Å². The number of quaternary nitrogens is 1. The summed E-state index contributed by atoms with van der Waals surface area (Å²) >= 11 is 0. The number of nitrogens with one attached hydrogen (secondary N) is 2. The van der Waals surface area contributed by atoms with E-state index < -0.39 is 0 Å². The van der Waals surface area contributed by atoms with Gasteiger partial charge in [0.2, 0.25) is 0 Å². The van der Waals surface area contributed by atoms with Crippen molar-refractivity contribution >= 4 is 5.91 Å². The molecule has 25 heavy (non-hydrogen) atoms. The van der Waals surface area contributed by atoms with E-state index in [4.69, 9.17) is 9.47 Å². The minimum atomic E-state index is 0.113. The first-order valence-corrected chi connectivity index (χ1v) is 9.60. The van der Waals surface area contributed by atoms with Crippen LogP contribution in [0.2, 0.25) is 0 Å². The Bertz CT molecular complexity index is 609. The molecule has 2 N–H and O–H groups in total. The van der Waals surface area contributed by atoms with Crippen molar-refractivity contribution in [3.8, 4) is 11.5 Å². The van der Waals surface area contributed by atoms with Crippen molar-refractivity contribution in [2.24, 2.45) is 5.92 Å². The quantitative estimate of drug-likeness (QED) is 0.817. The van der Waals surface area contributed by atoms with Crippen molar-refractivity contribution < 1.29 is 19.2 Å². The number of hydrogen-bond donors (Lipinski definition) is 2. The fraction of sp³-hybridized carbons (Fsp3) is 0.650. The zero-order valence-electron chi connectivity index (χ0n) is 15.7. The Morgan fingerprint density at radius 2 is 2.08 bits per heavy atom. The number of likely N-dealkylation sites (tertiary alicyclic amines) is 1. The molecule has 138 valence electrons. The summed E-state index contributed by atoms with van der Waals surface area (Å²) in [6.07, 6.45) is 3.56. The molecule has 2 heterocycles. The van der Waals surface area contributed by atoms with E-state index >= 15 is 0 Å². The molecule has 0 spiro atoms. The van der Waals surface area contributed by atoms with Gasteiger partial charge in [0.25, 0.3) is 5.91 Å². The molecular weight excluding hydrogens is 316 g/mol. The molecule has 0 aromatic heterocycles. The molecule has 5 nitrogen and oxygen atoms in total. The molecule has 0 aliphatic carbocycles. The van der Waals surface area contributed by atoms with Crippen LogP contribution in [-0.4, -0.2) is 38.3 Å².